The Labute approximate surface area is 136 Å². The molecule has 0 aliphatic carbocycles. The Bertz CT molecular complexity index is 708. The van der Waals surface area contributed by atoms with E-state index in [1.807, 2.05) is 11.8 Å². The molecule has 2 aromatic rings. The third-order valence-electron chi connectivity index (χ3n) is 4.53. The Balaban J connectivity index is 1.69. The molecule has 1 aromatic heterocycles. The first kappa shape index (κ1) is 15.7. The van der Waals surface area contributed by atoms with Gasteiger partial charge in [-0.05, 0) is 31.4 Å². The van der Waals surface area contributed by atoms with Crippen LogP contribution in [0, 0.1) is 13.8 Å². The van der Waals surface area contributed by atoms with Crippen molar-refractivity contribution in [1.82, 2.24) is 15.0 Å². The standard InChI is InChI=1S/C18H23N3O2/c1-4-17(22)21-8-7-14(11-21)18-19-16(20-23-18)10-15-9-12(2)5-6-13(15)3/h5-6,9,14H,4,7-8,10-11H2,1-3H3. The van der Waals surface area contributed by atoms with Gasteiger partial charge in [-0.15, -0.1) is 0 Å². The van der Waals surface area contributed by atoms with Crippen LogP contribution in [0.3, 0.4) is 0 Å². The molecular weight excluding hydrogens is 290 g/mol. The number of aromatic nitrogens is 2. The van der Waals surface area contributed by atoms with E-state index in [4.69, 9.17) is 4.52 Å². The van der Waals surface area contributed by atoms with Crippen LogP contribution in [0.25, 0.3) is 0 Å². The molecule has 2 heterocycles. The lowest BCUT2D eigenvalue weighted by atomic mass is 10.0. The number of carbonyl (C=O) groups excluding carboxylic acids is 1. The number of aryl methyl sites for hydroxylation is 2. The van der Waals surface area contributed by atoms with E-state index < -0.39 is 0 Å². The fraction of sp³-hybridized carbons (Fsp3) is 0.500. The highest BCUT2D eigenvalue weighted by atomic mass is 16.5. The van der Waals surface area contributed by atoms with Crippen LogP contribution in [-0.2, 0) is 11.2 Å². The Morgan fingerprint density at radius 2 is 2.22 bits per heavy atom. The summed E-state index contributed by atoms with van der Waals surface area (Å²) in [6.45, 7) is 7.55. The van der Waals surface area contributed by atoms with E-state index in [9.17, 15) is 4.79 Å². The number of benzene rings is 1. The fourth-order valence-electron chi connectivity index (χ4n) is 3.08. The van der Waals surface area contributed by atoms with Crippen molar-refractivity contribution in [2.75, 3.05) is 13.1 Å². The Morgan fingerprint density at radius 1 is 1.39 bits per heavy atom. The van der Waals surface area contributed by atoms with Gasteiger partial charge in [0.1, 0.15) is 0 Å². The lowest BCUT2D eigenvalue weighted by molar-refractivity contribution is -0.129. The average molecular weight is 313 g/mol. The number of nitrogens with zero attached hydrogens (tertiary/aromatic N) is 3. The highest BCUT2D eigenvalue weighted by molar-refractivity contribution is 5.76. The molecule has 1 saturated heterocycles. The van der Waals surface area contributed by atoms with Gasteiger partial charge in [0.15, 0.2) is 5.82 Å². The highest BCUT2D eigenvalue weighted by Gasteiger charge is 2.30. The van der Waals surface area contributed by atoms with E-state index in [-0.39, 0.29) is 11.8 Å². The summed E-state index contributed by atoms with van der Waals surface area (Å²) in [5.74, 6) is 1.75. The van der Waals surface area contributed by atoms with Crippen molar-refractivity contribution in [3.8, 4) is 0 Å². The topological polar surface area (TPSA) is 59.2 Å². The van der Waals surface area contributed by atoms with Gasteiger partial charge in [0.25, 0.3) is 0 Å². The van der Waals surface area contributed by atoms with Crippen molar-refractivity contribution in [1.29, 1.82) is 0 Å². The summed E-state index contributed by atoms with van der Waals surface area (Å²) in [6, 6.07) is 6.40. The third-order valence-corrected chi connectivity index (χ3v) is 4.53. The smallest absolute Gasteiger partial charge is 0.231 e. The van der Waals surface area contributed by atoms with Gasteiger partial charge in [-0.25, -0.2) is 0 Å². The number of carbonyl (C=O) groups is 1. The molecule has 1 amide bonds. The molecule has 0 spiro atoms. The van der Waals surface area contributed by atoms with Gasteiger partial charge < -0.3 is 9.42 Å². The van der Waals surface area contributed by atoms with Gasteiger partial charge in [0, 0.05) is 25.9 Å². The average Bonchev–Trinajstić information content (AvgIpc) is 3.19. The number of rotatable bonds is 4. The van der Waals surface area contributed by atoms with Crippen LogP contribution in [0.2, 0.25) is 0 Å². The summed E-state index contributed by atoms with van der Waals surface area (Å²) in [7, 11) is 0. The van der Waals surface area contributed by atoms with Crippen molar-refractivity contribution in [2.45, 2.75) is 46.0 Å². The molecule has 1 aliphatic heterocycles. The minimum atomic E-state index is 0.172. The molecule has 0 saturated carbocycles. The summed E-state index contributed by atoms with van der Waals surface area (Å²) >= 11 is 0. The molecule has 0 bridgehead atoms. The van der Waals surface area contributed by atoms with Gasteiger partial charge in [0.2, 0.25) is 11.8 Å². The summed E-state index contributed by atoms with van der Waals surface area (Å²) in [4.78, 5) is 18.2. The predicted octanol–water partition coefficient (Wildman–Crippen LogP) is 3.00. The van der Waals surface area contributed by atoms with Crippen molar-refractivity contribution < 1.29 is 9.32 Å². The number of hydrogen-bond acceptors (Lipinski definition) is 4. The molecule has 1 aromatic carbocycles. The fourth-order valence-corrected chi connectivity index (χ4v) is 3.08. The molecule has 1 aliphatic rings. The quantitative estimate of drug-likeness (QED) is 0.870. The van der Waals surface area contributed by atoms with E-state index in [1.54, 1.807) is 0 Å². The van der Waals surface area contributed by atoms with E-state index in [0.717, 1.165) is 13.0 Å². The maximum absolute atomic E-state index is 11.8. The first-order valence-electron chi connectivity index (χ1n) is 8.23. The summed E-state index contributed by atoms with van der Waals surface area (Å²) < 4.78 is 5.45. The van der Waals surface area contributed by atoms with Gasteiger partial charge >= 0.3 is 0 Å². The molecule has 122 valence electrons. The minimum Gasteiger partial charge on any atom is -0.342 e. The van der Waals surface area contributed by atoms with Crippen molar-refractivity contribution in [3.63, 3.8) is 0 Å². The first-order valence-corrected chi connectivity index (χ1v) is 8.23. The van der Waals surface area contributed by atoms with Gasteiger partial charge in [-0.1, -0.05) is 35.8 Å². The molecular formula is C18H23N3O2. The van der Waals surface area contributed by atoms with E-state index in [2.05, 4.69) is 42.2 Å². The SMILES string of the molecule is CCC(=O)N1CCC(c2nc(Cc3cc(C)ccc3C)no2)C1. The molecule has 3 rings (SSSR count). The minimum absolute atomic E-state index is 0.172. The van der Waals surface area contributed by atoms with Crippen LogP contribution in [0.1, 0.15) is 54.1 Å². The second kappa shape index (κ2) is 6.52. The zero-order valence-corrected chi connectivity index (χ0v) is 14.0. The normalized spacial score (nSPS) is 17.7. The van der Waals surface area contributed by atoms with Crippen LogP contribution in [0.5, 0.6) is 0 Å². The second-order valence-corrected chi connectivity index (χ2v) is 6.33. The Morgan fingerprint density at radius 3 is 3.00 bits per heavy atom. The Kier molecular flexibility index (Phi) is 4.46. The van der Waals surface area contributed by atoms with Crippen molar-refractivity contribution in [2.24, 2.45) is 0 Å². The number of hydrogen-bond donors (Lipinski definition) is 0. The Hall–Kier alpha value is -2.17. The van der Waals surface area contributed by atoms with Crippen LogP contribution < -0.4 is 0 Å². The largest absolute Gasteiger partial charge is 0.342 e. The van der Waals surface area contributed by atoms with E-state index >= 15 is 0 Å². The van der Waals surface area contributed by atoms with Gasteiger partial charge in [-0.2, -0.15) is 4.98 Å². The second-order valence-electron chi connectivity index (χ2n) is 6.33. The lowest BCUT2D eigenvalue weighted by Crippen LogP contribution is -2.27. The molecule has 0 N–H and O–H groups in total. The molecule has 5 nitrogen and oxygen atoms in total. The van der Waals surface area contributed by atoms with E-state index in [1.165, 1.54) is 16.7 Å². The predicted molar refractivity (Wildman–Crippen MR) is 87.2 cm³/mol. The summed E-state index contributed by atoms with van der Waals surface area (Å²) in [5.41, 5.74) is 3.70. The molecule has 23 heavy (non-hydrogen) atoms. The monoisotopic (exact) mass is 313 g/mol. The van der Waals surface area contributed by atoms with Crippen LogP contribution in [0.15, 0.2) is 22.7 Å². The zero-order chi connectivity index (χ0) is 16.4. The maximum Gasteiger partial charge on any atom is 0.231 e. The molecule has 1 fully saturated rings. The number of amides is 1. The highest BCUT2D eigenvalue weighted by Crippen LogP contribution is 2.26. The van der Waals surface area contributed by atoms with Crippen molar-refractivity contribution >= 4 is 5.91 Å². The van der Waals surface area contributed by atoms with Gasteiger partial charge in [0.05, 0.1) is 5.92 Å². The number of likely N-dealkylation sites (tertiary alicyclic amines) is 1. The molecule has 1 atom stereocenters. The molecule has 5 heteroatoms. The summed E-state index contributed by atoms with van der Waals surface area (Å²) in [6.07, 6.45) is 2.13. The van der Waals surface area contributed by atoms with Crippen LogP contribution >= 0.6 is 0 Å². The third kappa shape index (κ3) is 3.44. The maximum atomic E-state index is 11.8. The first-order chi connectivity index (χ1) is 11.1. The summed E-state index contributed by atoms with van der Waals surface area (Å²) in [5, 5.41) is 4.13. The molecule has 0 radical (unpaired) electrons. The van der Waals surface area contributed by atoms with Crippen LogP contribution in [-0.4, -0.2) is 34.0 Å². The van der Waals surface area contributed by atoms with E-state index in [0.29, 0.717) is 31.1 Å². The lowest BCUT2D eigenvalue weighted by Gasteiger charge is -2.13. The molecule has 1 unspecified atom stereocenters. The van der Waals surface area contributed by atoms with Crippen LogP contribution in [0.4, 0.5) is 0 Å². The van der Waals surface area contributed by atoms with Crippen molar-refractivity contribution in [3.05, 3.63) is 46.6 Å². The van der Waals surface area contributed by atoms with Gasteiger partial charge in [-0.3, -0.25) is 4.79 Å². The zero-order valence-electron chi connectivity index (χ0n) is 14.0.